The molecule has 0 aliphatic carbocycles. The molecule has 1 aromatic carbocycles. The zero-order valence-electron chi connectivity index (χ0n) is 13.8. The molecule has 3 aromatic rings. The zero-order chi connectivity index (χ0) is 17.5. The van der Waals surface area contributed by atoms with Crippen LogP contribution in [0.4, 0.5) is 10.5 Å². The number of benzene rings is 1. The average molecular weight is 337 g/mol. The topological polar surface area (TPSA) is 81.1 Å². The van der Waals surface area contributed by atoms with E-state index in [1.807, 2.05) is 43.4 Å². The summed E-state index contributed by atoms with van der Waals surface area (Å²) in [6, 6.07) is 14.8. The number of nitrogens with one attached hydrogen (secondary N) is 2. The van der Waals surface area contributed by atoms with Crippen molar-refractivity contribution in [3.63, 3.8) is 0 Å². The second-order valence-corrected chi connectivity index (χ2v) is 5.41. The fourth-order valence-corrected chi connectivity index (χ4v) is 2.22. The lowest BCUT2D eigenvalue weighted by atomic mass is 10.2. The maximum Gasteiger partial charge on any atom is 0.319 e. The molecule has 128 valence electrons. The van der Waals surface area contributed by atoms with Crippen molar-refractivity contribution in [1.29, 1.82) is 0 Å². The molecule has 3 rings (SSSR count). The summed E-state index contributed by atoms with van der Waals surface area (Å²) in [6.07, 6.45) is 3.28. The zero-order valence-corrected chi connectivity index (χ0v) is 13.8. The Bertz CT molecular complexity index is 832. The highest BCUT2D eigenvalue weighted by molar-refractivity contribution is 5.89. The summed E-state index contributed by atoms with van der Waals surface area (Å²) in [6.45, 7) is 0.814. The van der Waals surface area contributed by atoms with Crippen molar-refractivity contribution in [1.82, 2.24) is 20.1 Å². The third kappa shape index (κ3) is 4.81. The summed E-state index contributed by atoms with van der Waals surface area (Å²) in [5.41, 5.74) is 2.58. The number of hydrogen-bond donors (Lipinski definition) is 2. The number of rotatable bonds is 6. The standard InChI is InChI=1S/C18H19N5O2/c1-23-16(8-10-21-23)12-20-18(24)22-15-7-9-19-17(11-15)25-13-14-5-3-2-4-6-14/h2-11H,12-13H2,1H3,(H2,19,20,22,24). The number of anilines is 1. The Balaban J connectivity index is 1.52. The number of nitrogens with zero attached hydrogens (tertiary/aromatic N) is 3. The van der Waals surface area contributed by atoms with E-state index in [2.05, 4.69) is 20.7 Å². The highest BCUT2D eigenvalue weighted by Gasteiger charge is 2.05. The first kappa shape index (κ1) is 16.5. The van der Waals surface area contributed by atoms with Crippen molar-refractivity contribution < 1.29 is 9.53 Å². The van der Waals surface area contributed by atoms with E-state index < -0.39 is 0 Å². The molecule has 0 spiro atoms. The Hall–Kier alpha value is -3.35. The van der Waals surface area contributed by atoms with E-state index in [0.29, 0.717) is 24.7 Å². The van der Waals surface area contributed by atoms with Gasteiger partial charge in [0.1, 0.15) is 6.61 Å². The lowest BCUT2D eigenvalue weighted by molar-refractivity contribution is 0.251. The lowest BCUT2D eigenvalue weighted by Crippen LogP contribution is -2.29. The summed E-state index contributed by atoms with van der Waals surface area (Å²) in [7, 11) is 1.83. The molecule has 2 aromatic heterocycles. The van der Waals surface area contributed by atoms with E-state index >= 15 is 0 Å². The Kier molecular flexibility index (Phi) is 5.26. The van der Waals surface area contributed by atoms with Crippen LogP contribution < -0.4 is 15.4 Å². The molecule has 0 fully saturated rings. The maximum atomic E-state index is 12.0. The molecule has 0 radical (unpaired) electrons. The molecule has 0 aliphatic rings. The summed E-state index contributed by atoms with van der Waals surface area (Å²) in [5, 5.41) is 9.60. The molecule has 0 atom stereocenters. The second-order valence-electron chi connectivity index (χ2n) is 5.41. The highest BCUT2D eigenvalue weighted by Crippen LogP contribution is 2.15. The Morgan fingerprint density at radius 1 is 1.16 bits per heavy atom. The molecule has 0 saturated carbocycles. The monoisotopic (exact) mass is 337 g/mol. The minimum atomic E-state index is -0.304. The van der Waals surface area contributed by atoms with Gasteiger partial charge in [0.15, 0.2) is 0 Å². The first-order valence-electron chi connectivity index (χ1n) is 7.85. The van der Waals surface area contributed by atoms with Crippen LogP contribution in [0.3, 0.4) is 0 Å². The molecule has 7 heteroatoms. The summed E-state index contributed by atoms with van der Waals surface area (Å²) >= 11 is 0. The molecule has 0 bridgehead atoms. The molecular formula is C18H19N5O2. The second kappa shape index (κ2) is 7.96. The van der Waals surface area contributed by atoms with Gasteiger partial charge in [0.05, 0.1) is 12.2 Å². The molecule has 0 aliphatic heterocycles. The summed E-state index contributed by atoms with van der Waals surface area (Å²) < 4.78 is 7.37. The Labute approximate surface area is 145 Å². The number of carbonyl (C=O) groups is 1. The van der Waals surface area contributed by atoms with Crippen molar-refractivity contribution in [2.24, 2.45) is 7.05 Å². The molecule has 2 amide bonds. The minimum absolute atomic E-state index is 0.304. The van der Waals surface area contributed by atoms with Gasteiger partial charge >= 0.3 is 6.03 Å². The van der Waals surface area contributed by atoms with Crippen LogP contribution in [0.5, 0.6) is 5.88 Å². The van der Waals surface area contributed by atoms with Crippen molar-refractivity contribution in [2.75, 3.05) is 5.32 Å². The van der Waals surface area contributed by atoms with Crippen molar-refractivity contribution >= 4 is 11.7 Å². The van der Waals surface area contributed by atoms with E-state index in [1.165, 1.54) is 0 Å². The highest BCUT2D eigenvalue weighted by atomic mass is 16.5. The van der Waals surface area contributed by atoms with E-state index in [1.54, 1.807) is 29.2 Å². The van der Waals surface area contributed by atoms with E-state index in [4.69, 9.17) is 4.74 Å². The molecule has 0 saturated heterocycles. The molecule has 7 nitrogen and oxygen atoms in total. The molecular weight excluding hydrogens is 318 g/mol. The van der Waals surface area contributed by atoms with Crippen molar-refractivity contribution in [2.45, 2.75) is 13.2 Å². The molecule has 0 unspecified atom stereocenters. The van der Waals surface area contributed by atoms with Gasteiger partial charge < -0.3 is 15.4 Å². The largest absolute Gasteiger partial charge is 0.473 e. The minimum Gasteiger partial charge on any atom is -0.473 e. The van der Waals surface area contributed by atoms with Crippen LogP contribution in [0.2, 0.25) is 0 Å². The average Bonchev–Trinajstić information content (AvgIpc) is 3.04. The van der Waals surface area contributed by atoms with Gasteiger partial charge in [-0.1, -0.05) is 30.3 Å². The number of pyridine rings is 1. The van der Waals surface area contributed by atoms with E-state index in [-0.39, 0.29) is 6.03 Å². The van der Waals surface area contributed by atoms with Gasteiger partial charge in [0.2, 0.25) is 5.88 Å². The predicted octanol–water partition coefficient (Wildman–Crippen LogP) is 2.72. The van der Waals surface area contributed by atoms with Crippen LogP contribution in [-0.4, -0.2) is 20.8 Å². The van der Waals surface area contributed by atoms with Crippen LogP contribution >= 0.6 is 0 Å². The fraction of sp³-hybridized carbons (Fsp3) is 0.167. The SMILES string of the molecule is Cn1nccc1CNC(=O)Nc1ccnc(OCc2ccccc2)c1. The van der Waals surface area contributed by atoms with Gasteiger partial charge in [0.25, 0.3) is 0 Å². The third-order valence-electron chi connectivity index (χ3n) is 3.57. The van der Waals surface area contributed by atoms with Gasteiger partial charge in [-0.25, -0.2) is 9.78 Å². The first-order chi connectivity index (χ1) is 12.2. The summed E-state index contributed by atoms with van der Waals surface area (Å²) in [4.78, 5) is 16.2. The predicted molar refractivity (Wildman–Crippen MR) is 94.1 cm³/mol. The maximum absolute atomic E-state index is 12.0. The van der Waals surface area contributed by atoms with Crippen LogP contribution in [0.15, 0.2) is 60.9 Å². The molecule has 2 N–H and O–H groups in total. The van der Waals surface area contributed by atoms with Gasteiger partial charge in [0, 0.05) is 31.2 Å². The van der Waals surface area contributed by atoms with Crippen LogP contribution in [-0.2, 0) is 20.2 Å². The molecule has 2 heterocycles. The Morgan fingerprint density at radius 2 is 2.00 bits per heavy atom. The van der Waals surface area contributed by atoms with Gasteiger partial charge in [-0.15, -0.1) is 0 Å². The lowest BCUT2D eigenvalue weighted by Gasteiger charge is -2.09. The van der Waals surface area contributed by atoms with Gasteiger partial charge in [-0.05, 0) is 17.7 Å². The number of aryl methyl sites for hydroxylation is 1. The van der Waals surface area contributed by atoms with Crippen LogP contribution in [0.25, 0.3) is 0 Å². The number of amides is 2. The normalized spacial score (nSPS) is 10.3. The number of hydrogen-bond acceptors (Lipinski definition) is 4. The number of ether oxygens (including phenoxy) is 1. The van der Waals surface area contributed by atoms with Gasteiger partial charge in [-0.3, -0.25) is 4.68 Å². The van der Waals surface area contributed by atoms with E-state index in [0.717, 1.165) is 11.3 Å². The number of carbonyl (C=O) groups excluding carboxylic acids is 1. The smallest absolute Gasteiger partial charge is 0.319 e. The van der Waals surface area contributed by atoms with Crippen molar-refractivity contribution in [3.05, 3.63) is 72.2 Å². The van der Waals surface area contributed by atoms with Crippen LogP contribution in [0.1, 0.15) is 11.3 Å². The molecule has 25 heavy (non-hydrogen) atoms. The number of aromatic nitrogens is 3. The Morgan fingerprint density at radius 3 is 2.76 bits per heavy atom. The fourth-order valence-electron chi connectivity index (χ4n) is 2.22. The number of urea groups is 1. The van der Waals surface area contributed by atoms with Crippen molar-refractivity contribution in [3.8, 4) is 5.88 Å². The first-order valence-corrected chi connectivity index (χ1v) is 7.85. The third-order valence-corrected chi connectivity index (χ3v) is 3.57. The van der Waals surface area contributed by atoms with Gasteiger partial charge in [-0.2, -0.15) is 5.10 Å². The van der Waals surface area contributed by atoms with Crippen LogP contribution in [0, 0.1) is 0 Å². The summed E-state index contributed by atoms with van der Waals surface area (Å²) in [5.74, 6) is 0.452. The quantitative estimate of drug-likeness (QED) is 0.725. The van der Waals surface area contributed by atoms with E-state index in [9.17, 15) is 4.79 Å².